The molecule has 1 N–H and O–H groups in total. The van der Waals surface area contributed by atoms with Gasteiger partial charge in [-0.2, -0.15) is 0 Å². The van der Waals surface area contributed by atoms with Gasteiger partial charge in [-0.3, -0.25) is 14.2 Å². The molecule has 0 fully saturated rings. The van der Waals surface area contributed by atoms with Gasteiger partial charge in [0, 0.05) is 11.1 Å². The van der Waals surface area contributed by atoms with Crippen LogP contribution in [0.3, 0.4) is 0 Å². The molecule has 0 unspecified atom stereocenters. The summed E-state index contributed by atoms with van der Waals surface area (Å²) in [6.45, 7) is 5.96. The molecule has 1 atom stereocenters. The van der Waals surface area contributed by atoms with Gasteiger partial charge in [0.25, 0.3) is 5.56 Å². The molecule has 0 aliphatic carbocycles. The Hall–Kier alpha value is -2.31. The lowest BCUT2D eigenvalue weighted by molar-refractivity contribution is -0.119. The van der Waals surface area contributed by atoms with Crippen LogP contribution in [0.2, 0.25) is 5.02 Å². The van der Waals surface area contributed by atoms with Crippen molar-refractivity contribution in [3.63, 3.8) is 0 Å². The molecule has 146 valence electrons. The molecule has 0 radical (unpaired) electrons. The van der Waals surface area contributed by atoms with E-state index in [9.17, 15) is 9.59 Å². The minimum Gasteiger partial charge on any atom is -0.353 e. The third-order valence-corrected chi connectivity index (χ3v) is 5.62. The standard InChI is InChI=1S/C21H22ClN3O2S/c1-4-14(3)23-19(26)12-28-21-24-18-11-15(22)7-10-17(18)20(27)25(21)16-8-5-13(2)6-9-16/h5-11,14H,4,12H2,1-3H3,(H,23,26)/t14-/m1/s1. The fraction of sp³-hybridized carbons (Fsp3) is 0.286. The maximum absolute atomic E-state index is 13.2. The van der Waals surface area contributed by atoms with Crippen LogP contribution in [0.15, 0.2) is 52.4 Å². The van der Waals surface area contributed by atoms with Crippen LogP contribution in [-0.4, -0.2) is 27.3 Å². The molecule has 0 aliphatic rings. The van der Waals surface area contributed by atoms with Gasteiger partial charge in [-0.1, -0.05) is 48.0 Å². The van der Waals surface area contributed by atoms with Crippen LogP contribution < -0.4 is 10.9 Å². The zero-order chi connectivity index (χ0) is 20.3. The molecule has 1 heterocycles. The first-order valence-electron chi connectivity index (χ1n) is 9.10. The number of hydrogen-bond donors (Lipinski definition) is 1. The highest BCUT2D eigenvalue weighted by atomic mass is 35.5. The highest BCUT2D eigenvalue weighted by molar-refractivity contribution is 7.99. The van der Waals surface area contributed by atoms with Crippen LogP contribution in [0, 0.1) is 6.92 Å². The molecule has 0 saturated carbocycles. The number of fused-ring (bicyclic) bond motifs is 1. The molecule has 5 nitrogen and oxygen atoms in total. The predicted molar refractivity (Wildman–Crippen MR) is 116 cm³/mol. The Morgan fingerprint density at radius 1 is 1.25 bits per heavy atom. The second-order valence-corrected chi connectivity index (χ2v) is 8.08. The Kier molecular flexibility index (Phi) is 6.42. The van der Waals surface area contributed by atoms with E-state index in [-0.39, 0.29) is 23.3 Å². The number of amides is 1. The molecule has 1 amide bonds. The number of thioether (sulfide) groups is 1. The van der Waals surface area contributed by atoms with Gasteiger partial charge in [-0.15, -0.1) is 0 Å². The van der Waals surface area contributed by atoms with E-state index in [0.29, 0.717) is 26.8 Å². The topological polar surface area (TPSA) is 64.0 Å². The predicted octanol–water partition coefficient (Wildman–Crippen LogP) is 4.35. The SMILES string of the molecule is CC[C@@H](C)NC(=O)CSc1nc2cc(Cl)ccc2c(=O)n1-c1ccc(C)cc1. The summed E-state index contributed by atoms with van der Waals surface area (Å²) in [4.78, 5) is 30.0. The van der Waals surface area contributed by atoms with Crippen LogP contribution >= 0.6 is 23.4 Å². The number of rotatable bonds is 6. The maximum Gasteiger partial charge on any atom is 0.266 e. The summed E-state index contributed by atoms with van der Waals surface area (Å²) in [5, 5.41) is 4.39. The van der Waals surface area contributed by atoms with E-state index in [4.69, 9.17) is 11.6 Å². The molecule has 3 aromatic rings. The summed E-state index contributed by atoms with van der Waals surface area (Å²) >= 11 is 7.32. The number of aromatic nitrogens is 2. The van der Waals surface area contributed by atoms with Crippen LogP contribution in [0.4, 0.5) is 0 Å². The summed E-state index contributed by atoms with van der Waals surface area (Å²) in [6.07, 6.45) is 0.858. The van der Waals surface area contributed by atoms with Crippen LogP contribution in [0.25, 0.3) is 16.6 Å². The van der Waals surface area contributed by atoms with E-state index < -0.39 is 0 Å². The minimum absolute atomic E-state index is 0.0877. The normalized spacial score (nSPS) is 12.1. The summed E-state index contributed by atoms with van der Waals surface area (Å²) in [7, 11) is 0. The lowest BCUT2D eigenvalue weighted by Gasteiger charge is -2.14. The van der Waals surface area contributed by atoms with Gasteiger partial charge in [0.05, 0.1) is 22.3 Å². The summed E-state index contributed by atoms with van der Waals surface area (Å²) in [5.74, 6) is 0.0876. The molecule has 2 aromatic carbocycles. The molecule has 1 aromatic heterocycles. The van der Waals surface area contributed by atoms with Gasteiger partial charge >= 0.3 is 0 Å². The zero-order valence-corrected chi connectivity index (χ0v) is 17.6. The van der Waals surface area contributed by atoms with Crippen molar-refractivity contribution in [1.82, 2.24) is 14.9 Å². The van der Waals surface area contributed by atoms with Crippen molar-refractivity contribution in [2.75, 3.05) is 5.75 Å². The van der Waals surface area contributed by atoms with Crippen LogP contribution in [0.1, 0.15) is 25.8 Å². The van der Waals surface area contributed by atoms with Crippen molar-refractivity contribution in [3.05, 3.63) is 63.4 Å². The lowest BCUT2D eigenvalue weighted by Crippen LogP contribution is -2.33. The molecule has 0 aliphatic heterocycles. The first-order chi connectivity index (χ1) is 13.4. The van der Waals surface area contributed by atoms with Crippen molar-refractivity contribution >= 4 is 40.2 Å². The van der Waals surface area contributed by atoms with Crippen LogP contribution in [0.5, 0.6) is 0 Å². The highest BCUT2D eigenvalue weighted by Gasteiger charge is 2.15. The second kappa shape index (κ2) is 8.80. The van der Waals surface area contributed by atoms with Crippen LogP contribution in [-0.2, 0) is 4.79 Å². The van der Waals surface area contributed by atoms with Gasteiger partial charge in [0.15, 0.2) is 5.16 Å². The quantitative estimate of drug-likeness (QED) is 0.480. The van der Waals surface area contributed by atoms with Crippen molar-refractivity contribution in [1.29, 1.82) is 0 Å². The molecule has 0 saturated heterocycles. The number of benzene rings is 2. The number of halogens is 1. The largest absolute Gasteiger partial charge is 0.353 e. The molecule has 28 heavy (non-hydrogen) atoms. The number of nitrogens with one attached hydrogen (secondary N) is 1. The number of nitrogens with zero attached hydrogens (tertiary/aromatic N) is 2. The summed E-state index contributed by atoms with van der Waals surface area (Å²) in [6, 6.07) is 12.8. The van der Waals surface area contributed by atoms with Gasteiger partial charge in [-0.05, 0) is 50.6 Å². The van der Waals surface area contributed by atoms with Gasteiger partial charge in [0.2, 0.25) is 5.91 Å². The van der Waals surface area contributed by atoms with Gasteiger partial charge in [-0.25, -0.2) is 4.98 Å². The Labute approximate surface area is 173 Å². The first kappa shape index (κ1) is 20.4. The molecular weight excluding hydrogens is 394 g/mol. The summed E-state index contributed by atoms with van der Waals surface area (Å²) in [5.41, 5.74) is 2.14. The number of aryl methyl sites for hydroxylation is 1. The average molecular weight is 416 g/mol. The third-order valence-electron chi connectivity index (χ3n) is 4.44. The maximum atomic E-state index is 13.2. The first-order valence-corrected chi connectivity index (χ1v) is 10.5. The fourth-order valence-electron chi connectivity index (χ4n) is 2.71. The number of carbonyl (C=O) groups is 1. The van der Waals surface area contributed by atoms with E-state index in [0.717, 1.165) is 12.0 Å². The van der Waals surface area contributed by atoms with Gasteiger partial charge in [0.1, 0.15) is 0 Å². The fourth-order valence-corrected chi connectivity index (χ4v) is 3.70. The van der Waals surface area contributed by atoms with Gasteiger partial charge < -0.3 is 5.32 Å². The number of carbonyl (C=O) groups excluding carboxylic acids is 1. The van der Waals surface area contributed by atoms with Crippen molar-refractivity contribution in [2.24, 2.45) is 0 Å². The van der Waals surface area contributed by atoms with Crippen molar-refractivity contribution in [2.45, 2.75) is 38.4 Å². The molecule has 7 heteroatoms. The second-order valence-electron chi connectivity index (χ2n) is 6.70. The number of hydrogen-bond acceptors (Lipinski definition) is 4. The lowest BCUT2D eigenvalue weighted by atomic mass is 10.2. The molecular formula is C21H22ClN3O2S. The van der Waals surface area contributed by atoms with E-state index in [1.54, 1.807) is 22.8 Å². The highest BCUT2D eigenvalue weighted by Crippen LogP contribution is 2.23. The van der Waals surface area contributed by atoms with E-state index in [1.165, 1.54) is 11.8 Å². The van der Waals surface area contributed by atoms with E-state index >= 15 is 0 Å². The zero-order valence-electron chi connectivity index (χ0n) is 16.0. The Morgan fingerprint density at radius 2 is 1.96 bits per heavy atom. The van der Waals surface area contributed by atoms with E-state index in [1.807, 2.05) is 45.0 Å². The third kappa shape index (κ3) is 4.56. The molecule has 0 bridgehead atoms. The minimum atomic E-state index is -0.185. The van der Waals surface area contributed by atoms with Crippen molar-refractivity contribution < 1.29 is 4.79 Å². The van der Waals surface area contributed by atoms with Crippen molar-refractivity contribution in [3.8, 4) is 5.69 Å². The summed E-state index contributed by atoms with van der Waals surface area (Å²) < 4.78 is 1.55. The van der Waals surface area contributed by atoms with E-state index in [2.05, 4.69) is 10.3 Å². The molecule has 0 spiro atoms. The smallest absolute Gasteiger partial charge is 0.266 e. The molecule has 3 rings (SSSR count). The Morgan fingerprint density at radius 3 is 2.64 bits per heavy atom. The average Bonchev–Trinajstić information content (AvgIpc) is 2.67. The monoisotopic (exact) mass is 415 g/mol. The Bertz CT molecular complexity index is 1060. The Balaban J connectivity index is 2.05.